The van der Waals surface area contributed by atoms with Crippen molar-refractivity contribution in [3.63, 3.8) is 0 Å². The maximum atomic E-state index is 12.4. The van der Waals surface area contributed by atoms with Crippen molar-refractivity contribution in [2.24, 2.45) is 0 Å². The van der Waals surface area contributed by atoms with Crippen LogP contribution in [0.15, 0.2) is 78.0 Å². The molecular weight excluding hydrogens is 422 g/mol. The van der Waals surface area contributed by atoms with E-state index in [2.05, 4.69) is 40.2 Å². The highest BCUT2D eigenvalue weighted by Crippen LogP contribution is 2.29. The van der Waals surface area contributed by atoms with E-state index in [-0.39, 0.29) is 5.91 Å². The van der Waals surface area contributed by atoms with Crippen LogP contribution >= 0.6 is 0 Å². The molecule has 6 heteroatoms. The molecule has 0 bridgehead atoms. The van der Waals surface area contributed by atoms with E-state index in [4.69, 9.17) is 9.97 Å². The van der Waals surface area contributed by atoms with Crippen molar-refractivity contribution in [2.75, 3.05) is 11.9 Å². The van der Waals surface area contributed by atoms with Crippen LogP contribution in [0.1, 0.15) is 43.0 Å². The summed E-state index contributed by atoms with van der Waals surface area (Å²) in [5, 5.41) is 6.60. The van der Waals surface area contributed by atoms with Gasteiger partial charge in [0, 0.05) is 23.7 Å². The fourth-order valence-electron chi connectivity index (χ4n) is 4.54. The lowest BCUT2D eigenvalue weighted by Gasteiger charge is -2.16. The van der Waals surface area contributed by atoms with Gasteiger partial charge in [-0.3, -0.25) is 9.20 Å². The minimum absolute atomic E-state index is 0.00418. The highest BCUT2D eigenvalue weighted by atomic mass is 16.1. The molecule has 1 amide bonds. The maximum absolute atomic E-state index is 12.4. The first-order valence-electron chi connectivity index (χ1n) is 11.9. The number of nitrogens with zero attached hydrogens (tertiary/aromatic N) is 3. The summed E-state index contributed by atoms with van der Waals surface area (Å²) in [6, 6.07) is 16.2. The standard InChI is InChI=1S/C28H27N5O/c1-18-6-2-3-7-21(18)16-29-26-27-30-17-25(33(27)24-9-5-4-8-23(24)32-26)19-10-12-20(13-11-19)28(34)31-22-14-15-22/h2,4-6,8-13,17,22H,3,7,14-16H2,1H3,(H,29,32)(H,31,34). The average Bonchev–Trinajstić information content (AvgIpc) is 3.57. The largest absolute Gasteiger partial charge is 0.363 e. The molecule has 2 heterocycles. The summed E-state index contributed by atoms with van der Waals surface area (Å²) in [7, 11) is 0. The number of nitrogens with one attached hydrogen (secondary N) is 2. The predicted octanol–water partition coefficient (Wildman–Crippen LogP) is 5.52. The summed E-state index contributed by atoms with van der Waals surface area (Å²) >= 11 is 0. The number of benzene rings is 2. The van der Waals surface area contributed by atoms with Gasteiger partial charge in [0.25, 0.3) is 5.91 Å². The van der Waals surface area contributed by atoms with Gasteiger partial charge in [-0.05, 0) is 62.4 Å². The van der Waals surface area contributed by atoms with Gasteiger partial charge in [0.2, 0.25) is 0 Å². The first-order valence-corrected chi connectivity index (χ1v) is 11.9. The fourth-order valence-corrected chi connectivity index (χ4v) is 4.54. The van der Waals surface area contributed by atoms with Gasteiger partial charge < -0.3 is 10.6 Å². The molecule has 2 aliphatic rings. The molecule has 0 radical (unpaired) electrons. The smallest absolute Gasteiger partial charge is 0.251 e. The Bertz CT molecular complexity index is 1460. The molecule has 2 aliphatic carbocycles. The normalized spacial score (nSPS) is 15.8. The Morgan fingerprint density at radius 1 is 1.12 bits per heavy atom. The number of aromatic nitrogens is 3. The van der Waals surface area contributed by atoms with Crippen LogP contribution in [0, 0.1) is 0 Å². The third-order valence-corrected chi connectivity index (χ3v) is 6.69. The number of imidazole rings is 1. The summed E-state index contributed by atoms with van der Waals surface area (Å²) in [5.74, 6) is 0.774. The molecule has 0 aliphatic heterocycles. The maximum Gasteiger partial charge on any atom is 0.251 e. The molecule has 0 saturated heterocycles. The Morgan fingerprint density at radius 3 is 2.74 bits per heavy atom. The highest BCUT2D eigenvalue weighted by Gasteiger charge is 2.24. The molecule has 0 spiro atoms. The van der Waals surface area contributed by atoms with Crippen LogP contribution in [0.25, 0.3) is 27.9 Å². The number of para-hydroxylation sites is 2. The first-order chi connectivity index (χ1) is 16.7. The third kappa shape index (κ3) is 3.85. The Labute approximate surface area is 198 Å². The van der Waals surface area contributed by atoms with Crippen LogP contribution in [-0.2, 0) is 0 Å². The van der Waals surface area contributed by atoms with Crippen LogP contribution in [0.2, 0.25) is 0 Å². The summed E-state index contributed by atoms with van der Waals surface area (Å²) < 4.78 is 2.16. The van der Waals surface area contributed by atoms with Crippen molar-refractivity contribution in [3.8, 4) is 11.3 Å². The second-order valence-corrected chi connectivity index (χ2v) is 9.16. The van der Waals surface area contributed by atoms with Gasteiger partial charge in [-0.25, -0.2) is 9.97 Å². The number of carbonyl (C=O) groups excluding carboxylic acids is 1. The number of rotatable bonds is 6. The Morgan fingerprint density at radius 2 is 1.94 bits per heavy atom. The second kappa shape index (κ2) is 8.45. The van der Waals surface area contributed by atoms with Gasteiger partial charge in [-0.15, -0.1) is 0 Å². The van der Waals surface area contributed by atoms with Crippen LogP contribution in [0.5, 0.6) is 0 Å². The number of carbonyl (C=O) groups is 1. The van der Waals surface area contributed by atoms with E-state index in [1.165, 1.54) is 11.1 Å². The molecule has 2 aromatic heterocycles. The molecule has 0 unspecified atom stereocenters. The van der Waals surface area contributed by atoms with Crippen LogP contribution < -0.4 is 10.6 Å². The number of hydrogen-bond acceptors (Lipinski definition) is 4. The minimum atomic E-state index is -0.00418. The molecule has 0 atom stereocenters. The van der Waals surface area contributed by atoms with Crippen LogP contribution in [0.4, 0.5) is 5.82 Å². The molecule has 2 aromatic carbocycles. The van der Waals surface area contributed by atoms with Crippen LogP contribution in [-0.4, -0.2) is 32.9 Å². The quantitative estimate of drug-likeness (QED) is 0.407. The van der Waals surface area contributed by atoms with E-state index in [9.17, 15) is 4.79 Å². The lowest BCUT2D eigenvalue weighted by Crippen LogP contribution is -2.25. The van der Waals surface area contributed by atoms with Crippen molar-refractivity contribution in [1.29, 1.82) is 0 Å². The van der Waals surface area contributed by atoms with E-state index in [1.54, 1.807) is 0 Å². The lowest BCUT2D eigenvalue weighted by molar-refractivity contribution is 0.0951. The van der Waals surface area contributed by atoms with Crippen molar-refractivity contribution in [1.82, 2.24) is 19.7 Å². The Balaban J connectivity index is 1.39. The molecule has 6 nitrogen and oxygen atoms in total. The molecular formula is C28H27N5O. The van der Waals surface area contributed by atoms with Gasteiger partial charge in [0.1, 0.15) is 0 Å². The SMILES string of the molecule is CC1=C(CNc2nc3ccccc3n3c(-c4ccc(C(=O)NC5CC5)cc4)cnc23)CCC=C1. The monoisotopic (exact) mass is 449 g/mol. The zero-order valence-electron chi connectivity index (χ0n) is 19.2. The molecule has 4 aromatic rings. The molecule has 6 rings (SSSR count). The summed E-state index contributed by atoms with van der Waals surface area (Å²) in [6.07, 6.45) is 10.6. The zero-order valence-corrected chi connectivity index (χ0v) is 19.2. The molecule has 170 valence electrons. The van der Waals surface area contributed by atoms with E-state index >= 15 is 0 Å². The predicted molar refractivity (Wildman–Crippen MR) is 136 cm³/mol. The highest BCUT2D eigenvalue weighted by molar-refractivity contribution is 5.95. The molecule has 1 fully saturated rings. The minimum Gasteiger partial charge on any atom is -0.363 e. The second-order valence-electron chi connectivity index (χ2n) is 9.16. The molecule has 34 heavy (non-hydrogen) atoms. The van der Waals surface area contributed by atoms with Crippen molar-refractivity contribution >= 4 is 28.4 Å². The average molecular weight is 450 g/mol. The zero-order chi connectivity index (χ0) is 23.1. The number of fused-ring (bicyclic) bond motifs is 3. The van der Waals surface area contributed by atoms with Gasteiger partial charge >= 0.3 is 0 Å². The third-order valence-electron chi connectivity index (χ3n) is 6.69. The fraction of sp³-hybridized carbons (Fsp3) is 0.250. The number of anilines is 1. The Kier molecular flexibility index (Phi) is 5.13. The van der Waals surface area contributed by atoms with Crippen molar-refractivity contribution in [3.05, 3.63) is 83.6 Å². The summed E-state index contributed by atoms with van der Waals surface area (Å²) in [4.78, 5) is 22.1. The van der Waals surface area contributed by atoms with Crippen molar-refractivity contribution < 1.29 is 4.79 Å². The molecule has 2 N–H and O–H groups in total. The number of hydrogen-bond donors (Lipinski definition) is 2. The number of allylic oxidation sites excluding steroid dienone is 3. The number of amides is 1. The van der Waals surface area contributed by atoms with E-state index in [1.807, 2.05) is 48.7 Å². The first kappa shape index (κ1) is 20.7. The van der Waals surface area contributed by atoms with Gasteiger partial charge in [0.05, 0.1) is 22.9 Å². The topological polar surface area (TPSA) is 71.3 Å². The van der Waals surface area contributed by atoms with Crippen molar-refractivity contribution in [2.45, 2.75) is 38.6 Å². The van der Waals surface area contributed by atoms with E-state index in [0.717, 1.165) is 66.0 Å². The summed E-state index contributed by atoms with van der Waals surface area (Å²) in [6.45, 7) is 2.92. The molecule has 1 saturated carbocycles. The van der Waals surface area contributed by atoms with Gasteiger partial charge in [0.15, 0.2) is 11.5 Å². The lowest BCUT2D eigenvalue weighted by atomic mass is 9.99. The van der Waals surface area contributed by atoms with Crippen LogP contribution in [0.3, 0.4) is 0 Å². The van der Waals surface area contributed by atoms with E-state index in [0.29, 0.717) is 11.6 Å². The summed E-state index contributed by atoms with van der Waals surface area (Å²) in [5.41, 5.74) is 8.11. The Hall–Kier alpha value is -3.93. The van der Waals surface area contributed by atoms with Gasteiger partial charge in [-0.2, -0.15) is 0 Å². The van der Waals surface area contributed by atoms with Gasteiger partial charge in [-0.1, -0.05) is 42.0 Å². The van der Waals surface area contributed by atoms with E-state index < -0.39 is 0 Å².